The summed E-state index contributed by atoms with van der Waals surface area (Å²) in [5.74, 6) is 0. The Morgan fingerprint density at radius 3 is 2.50 bits per heavy atom. The van der Waals surface area contributed by atoms with Crippen molar-refractivity contribution in [3.8, 4) is 0 Å². The number of hydrogen-bond donors (Lipinski definition) is 1. The quantitative estimate of drug-likeness (QED) is 0.789. The average molecular weight is 240 g/mol. The Morgan fingerprint density at radius 1 is 1.38 bits per heavy atom. The molecule has 0 radical (unpaired) electrons. The molecule has 0 aliphatic rings. The molecule has 0 fully saturated rings. The third-order valence-electron chi connectivity index (χ3n) is 3.42. The number of aromatic nitrogens is 1. The molecule has 0 spiro atoms. The lowest BCUT2D eigenvalue weighted by atomic mass is 9.78. The smallest absolute Gasteiger partial charge is 0.0794 e. The van der Waals surface area contributed by atoms with Crippen LogP contribution in [0.2, 0.25) is 0 Å². The first-order valence-corrected chi connectivity index (χ1v) is 7.10. The molecule has 1 N–H and O–H groups in total. The van der Waals surface area contributed by atoms with Crippen LogP contribution in [0.4, 0.5) is 0 Å². The Hall–Kier alpha value is -0.410. The monoisotopic (exact) mass is 240 g/mol. The molecule has 3 heteroatoms. The third-order valence-corrected chi connectivity index (χ3v) is 4.20. The van der Waals surface area contributed by atoms with Gasteiger partial charge in [-0.05, 0) is 24.7 Å². The van der Waals surface area contributed by atoms with E-state index in [1.807, 2.05) is 11.7 Å². The topological polar surface area (TPSA) is 24.9 Å². The molecule has 1 heterocycles. The van der Waals surface area contributed by atoms with Gasteiger partial charge in [0.1, 0.15) is 0 Å². The van der Waals surface area contributed by atoms with Gasteiger partial charge in [-0.25, -0.2) is 0 Å². The minimum atomic E-state index is 0.400. The minimum absolute atomic E-state index is 0.400. The predicted octanol–water partition coefficient (Wildman–Crippen LogP) is 3.49. The van der Waals surface area contributed by atoms with E-state index >= 15 is 0 Å². The average Bonchev–Trinajstić information content (AvgIpc) is 2.77. The van der Waals surface area contributed by atoms with Gasteiger partial charge in [-0.1, -0.05) is 27.7 Å². The summed E-state index contributed by atoms with van der Waals surface area (Å²) in [6, 6.07) is 0.568. The van der Waals surface area contributed by atoms with E-state index in [2.05, 4.69) is 38.0 Å². The molecule has 0 saturated carbocycles. The van der Waals surface area contributed by atoms with E-state index < -0.39 is 0 Å². The fraction of sp³-hybridized carbons (Fsp3) is 0.769. The maximum Gasteiger partial charge on any atom is 0.0794 e. The second-order valence-electron chi connectivity index (χ2n) is 4.89. The van der Waals surface area contributed by atoms with Crippen molar-refractivity contribution in [2.24, 2.45) is 5.41 Å². The van der Waals surface area contributed by atoms with Gasteiger partial charge in [0, 0.05) is 23.7 Å². The van der Waals surface area contributed by atoms with Gasteiger partial charge in [0.25, 0.3) is 0 Å². The highest BCUT2D eigenvalue weighted by molar-refractivity contribution is 7.09. The minimum Gasteiger partial charge on any atom is -0.314 e. The Labute approximate surface area is 103 Å². The summed E-state index contributed by atoms with van der Waals surface area (Å²) < 4.78 is 0. The highest BCUT2D eigenvalue weighted by Gasteiger charge is 2.26. The van der Waals surface area contributed by atoms with Crippen molar-refractivity contribution in [1.29, 1.82) is 0 Å². The first-order chi connectivity index (χ1) is 7.62. The van der Waals surface area contributed by atoms with Crippen LogP contribution < -0.4 is 5.32 Å². The van der Waals surface area contributed by atoms with E-state index in [-0.39, 0.29) is 0 Å². The molecule has 1 aromatic rings. The van der Waals surface area contributed by atoms with Gasteiger partial charge in [-0.15, -0.1) is 11.3 Å². The Morgan fingerprint density at radius 2 is 2.06 bits per heavy atom. The molecule has 92 valence electrons. The van der Waals surface area contributed by atoms with Crippen molar-refractivity contribution in [2.45, 2.75) is 53.0 Å². The van der Waals surface area contributed by atoms with E-state index in [0.29, 0.717) is 11.5 Å². The predicted molar refractivity (Wildman–Crippen MR) is 72.0 cm³/mol. The van der Waals surface area contributed by atoms with Gasteiger partial charge < -0.3 is 5.32 Å². The van der Waals surface area contributed by atoms with E-state index in [0.717, 1.165) is 13.0 Å². The molecular weight excluding hydrogens is 216 g/mol. The molecule has 0 unspecified atom stereocenters. The van der Waals surface area contributed by atoms with E-state index in [1.165, 1.54) is 17.7 Å². The van der Waals surface area contributed by atoms with Gasteiger partial charge in [-0.2, -0.15) is 0 Å². The fourth-order valence-corrected chi connectivity index (χ4v) is 2.70. The number of thiazole rings is 1. The Kier molecular flexibility index (Phi) is 5.42. The van der Waals surface area contributed by atoms with Crippen LogP contribution in [-0.2, 0) is 6.42 Å². The van der Waals surface area contributed by atoms with E-state index in [9.17, 15) is 0 Å². The lowest BCUT2D eigenvalue weighted by Gasteiger charge is -2.32. The van der Waals surface area contributed by atoms with Gasteiger partial charge in [-0.3, -0.25) is 4.98 Å². The number of hydrogen-bond acceptors (Lipinski definition) is 3. The van der Waals surface area contributed by atoms with Crippen LogP contribution in [0, 0.1) is 5.41 Å². The van der Waals surface area contributed by atoms with Gasteiger partial charge in [0.2, 0.25) is 0 Å². The summed E-state index contributed by atoms with van der Waals surface area (Å²) in [5, 5.41) is 3.58. The second kappa shape index (κ2) is 6.36. The summed E-state index contributed by atoms with van der Waals surface area (Å²) in [7, 11) is 0. The summed E-state index contributed by atoms with van der Waals surface area (Å²) >= 11 is 1.78. The Bertz CT molecular complexity index is 276. The first kappa shape index (κ1) is 13.7. The van der Waals surface area contributed by atoms with E-state index in [4.69, 9.17) is 0 Å². The van der Waals surface area contributed by atoms with Crippen LogP contribution in [0.25, 0.3) is 0 Å². The standard InChI is InChI=1S/C13H24N2S/c1-5-13(6-2,9-15-11(3)4)7-12-8-14-10-16-12/h8,10-11,15H,5-7,9H2,1-4H3. The maximum absolute atomic E-state index is 4.17. The van der Waals surface area contributed by atoms with Crippen LogP contribution in [0.3, 0.4) is 0 Å². The SMILES string of the molecule is CCC(CC)(CNC(C)C)Cc1cncs1. The van der Waals surface area contributed by atoms with Crippen LogP contribution in [0.15, 0.2) is 11.7 Å². The van der Waals surface area contributed by atoms with Gasteiger partial charge in [0.05, 0.1) is 5.51 Å². The lowest BCUT2D eigenvalue weighted by molar-refractivity contribution is 0.241. The van der Waals surface area contributed by atoms with Crippen LogP contribution >= 0.6 is 11.3 Å². The molecule has 2 nitrogen and oxygen atoms in total. The summed E-state index contributed by atoms with van der Waals surface area (Å²) in [5.41, 5.74) is 2.33. The van der Waals surface area contributed by atoms with Crippen LogP contribution in [-0.4, -0.2) is 17.6 Å². The van der Waals surface area contributed by atoms with Gasteiger partial charge in [0.15, 0.2) is 0 Å². The molecule has 0 amide bonds. The number of nitrogens with zero attached hydrogens (tertiary/aromatic N) is 1. The molecular formula is C13H24N2S. The van der Waals surface area contributed by atoms with Crippen molar-refractivity contribution < 1.29 is 0 Å². The van der Waals surface area contributed by atoms with Crippen molar-refractivity contribution in [1.82, 2.24) is 10.3 Å². The number of nitrogens with one attached hydrogen (secondary N) is 1. The molecule has 16 heavy (non-hydrogen) atoms. The number of rotatable bonds is 7. The van der Waals surface area contributed by atoms with Crippen molar-refractivity contribution in [2.75, 3.05) is 6.54 Å². The molecule has 1 aromatic heterocycles. The molecule has 0 aliphatic carbocycles. The largest absolute Gasteiger partial charge is 0.314 e. The fourth-order valence-electron chi connectivity index (χ4n) is 1.93. The molecule has 0 bridgehead atoms. The second-order valence-corrected chi connectivity index (χ2v) is 5.86. The van der Waals surface area contributed by atoms with Crippen molar-refractivity contribution >= 4 is 11.3 Å². The summed E-state index contributed by atoms with van der Waals surface area (Å²) in [6.45, 7) is 10.1. The third kappa shape index (κ3) is 3.87. The molecule has 1 rings (SSSR count). The van der Waals surface area contributed by atoms with Crippen LogP contribution in [0.5, 0.6) is 0 Å². The highest BCUT2D eigenvalue weighted by Crippen LogP contribution is 2.31. The molecule has 0 saturated heterocycles. The van der Waals surface area contributed by atoms with Crippen LogP contribution in [0.1, 0.15) is 45.4 Å². The molecule has 0 atom stereocenters. The molecule has 0 aliphatic heterocycles. The zero-order valence-electron chi connectivity index (χ0n) is 10.9. The van der Waals surface area contributed by atoms with Crippen molar-refractivity contribution in [3.05, 3.63) is 16.6 Å². The van der Waals surface area contributed by atoms with E-state index in [1.54, 1.807) is 11.3 Å². The zero-order chi connectivity index (χ0) is 12.0. The van der Waals surface area contributed by atoms with Gasteiger partial charge >= 0.3 is 0 Å². The normalized spacial score (nSPS) is 12.3. The maximum atomic E-state index is 4.17. The summed E-state index contributed by atoms with van der Waals surface area (Å²) in [4.78, 5) is 5.58. The molecule has 0 aromatic carbocycles. The zero-order valence-corrected chi connectivity index (χ0v) is 11.7. The Balaban J connectivity index is 2.63. The highest BCUT2D eigenvalue weighted by atomic mass is 32.1. The summed E-state index contributed by atoms with van der Waals surface area (Å²) in [6.07, 6.45) is 5.62. The first-order valence-electron chi connectivity index (χ1n) is 6.22. The lowest BCUT2D eigenvalue weighted by Crippen LogP contribution is -2.38. The van der Waals surface area contributed by atoms with Crippen molar-refractivity contribution in [3.63, 3.8) is 0 Å².